The Labute approximate surface area is 108 Å². The van der Waals surface area contributed by atoms with Crippen LogP contribution in [0.1, 0.15) is 42.7 Å². The molecular weight excluding hydrogens is 222 g/mol. The molecule has 0 N–H and O–H groups in total. The van der Waals surface area contributed by atoms with Crippen molar-refractivity contribution in [1.29, 1.82) is 0 Å². The lowest BCUT2D eigenvalue weighted by Crippen LogP contribution is -2.56. The maximum Gasteiger partial charge on any atom is 0.222 e. The summed E-state index contributed by atoms with van der Waals surface area (Å²) < 4.78 is 0. The number of benzene rings is 1. The van der Waals surface area contributed by atoms with Crippen molar-refractivity contribution in [3.05, 3.63) is 35.4 Å². The second-order valence-corrected chi connectivity index (χ2v) is 6.03. The second kappa shape index (κ2) is 3.84. The third-order valence-corrected chi connectivity index (χ3v) is 5.16. The summed E-state index contributed by atoms with van der Waals surface area (Å²) in [6.07, 6.45) is 5.50. The molecule has 0 spiro atoms. The van der Waals surface area contributed by atoms with Gasteiger partial charge in [-0.3, -0.25) is 4.79 Å². The summed E-state index contributed by atoms with van der Waals surface area (Å²) in [4.78, 5) is 14.3. The van der Waals surface area contributed by atoms with Gasteiger partial charge in [0.15, 0.2) is 0 Å². The monoisotopic (exact) mass is 241 g/mol. The van der Waals surface area contributed by atoms with E-state index in [-0.39, 0.29) is 0 Å². The molecule has 2 fully saturated rings. The van der Waals surface area contributed by atoms with Gasteiger partial charge in [0.05, 0.1) is 0 Å². The van der Waals surface area contributed by atoms with Crippen LogP contribution in [0, 0.1) is 5.92 Å². The summed E-state index contributed by atoms with van der Waals surface area (Å²) in [6.45, 7) is 0.999. The van der Waals surface area contributed by atoms with Crippen molar-refractivity contribution in [2.45, 2.75) is 44.1 Å². The Morgan fingerprint density at radius 3 is 3.00 bits per heavy atom. The molecule has 1 amide bonds. The zero-order chi connectivity index (χ0) is 12.1. The van der Waals surface area contributed by atoms with E-state index in [2.05, 4.69) is 29.2 Å². The number of fused-ring (bicyclic) bond motifs is 2. The van der Waals surface area contributed by atoms with Crippen LogP contribution in [0.5, 0.6) is 0 Å². The Kier molecular flexibility index (Phi) is 2.26. The van der Waals surface area contributed by atoms with Crippen LogP contribution in [0.4, 0.5) is 0 Å². The highest BCUT2D eigenvalue weighted by atomic mass is 16.2. The van der Waals surface area contributed by atoms with E-state index in [0.717, 1.165) is 19.4 Å². The summed E-state index contributed by atoms with van der Waals surface area (Å²) in [5, 5.41) is 0. The molecule has 2 aliphatic heterocycles. The van der Waals surface area contributed by atoms with Crippen molar-refractivity contribution >= 4 is 5.91 Å². The standard InChI is InChI=1S/C16H19NO/c18-15-8-7-14-13-6-2-1-4-11(13)10-12-5-3-9-17(15)16(12)14/h1-2,4,6,12,14,16H,3,5,7-10H2/t12-,14-,16-/m0/s1. The molecule has 0 radical (unpaired) electrons. The average Bonchev–Trinajstić information content (AvgIpc) is 2.42. The first-order chi connectivity index (χ1) is 8.84. The summed E-state index contributed by atoms with van der Waals surface area (Å²) >= 11 is 0. The minimum Gasteiger partial charge on any atom is -0.339 e. The fourth-order valence-corrected chi connectivity index (χ4v) is 4.45. The largest absolute Gasteiger partial charge is 0.339 e. The third kappa shape index (κ3) is 1.38. The summed E-state index contributed by atoms with van der Waals surface area (Å²) in [5.41, 5.74) is 3.07. The van der Waals surface area contributed by atoms with Gasteiger partial charge in [0.2, 0.25) is 5.91 Å². The van der Waals surface area contributed by atoms with Crippen molar-refractivity contribution in [3.8, 4) is 0 Å². The minimum atomic E-state index is 0.403. The second-order valence-electron chi connectivity index (χ2n) is 6.03. The van der Waals surface area contributed by atoms with E-state index >= 15 is 0 Å². The van der Waals surface area contributed by atoms with Gasteiger partial charge in [-0.2, -0.15) is 0 Å². The van der Waals surface area contributed by atoms with Crippen molar-refractivity contribution in [2.24, 2.45) is 5.92 Å². The molecular formula is C16H19NO. The van der Waals surface area contributed by atoms with E-state index in [4.69, 9.17) is 0 Å². The fraction of sp³-hybridized carbons (Fsp3) is 0.562. The first kappa shape index (κ1) is 10.6. The molecule has 3 atom stereocenters. The minimum absolute atomic E-state index is 0.403. The topological polar surface area (TPSA) is 20.3 Å². The average molecular weight is 241 g/mol. The molecule has 2 heteroatoms. The zero-order valence-electron chi connectivity index (χ0n) is 10.6. The van der Waals surface area contributed by atoms with Gasteiger partial charge in [-0.15, -0.1) is 0 Å². The van der Waals surface area contributed by atoms with E-state index in [9.17, 15) is 4.79 Å². The van der Waals surface area contributed by atoms with E-state index in [1.165, 1.54) is 24.8 Å². The molecule has 0 unspecified atom stereocenters. The first-order valence-corrected chi connectivity index (χ1v) is 7.22. The lowest BCUT2D eigenvalue weighted by atomic mass is 9.66. The quantitative estimate of drug-likeness (QED) is 0.684. The lowest BCUT2D eigenvalue weighted by molar-refractivity contribution is -0.141. The SMILES string of the molecule is O=C1CC[C@H]2c3ccccc3C[C@@H]3CCCN1[C@@H]32. The van der Waals surface area contributed by atoms with Crippen LogP contribution in [0.3, 0.4) is 0 Å². The molecule has 2 heterocycles. The Bertz CT molecular complexity index is 496. The molecule has 18 heavy (non-hydrogen) atoms. The highest BCUT2D eigenvalue weighted by Gasteiger charge is 2.45. The zero-order valence-corrected chi connectivity index (χ0v) is 10.6. The van der Waals surface area contributed by atoms with Gasteiger partial charge in [-0.05, 0) is 42.7 Å². The molecule has 94 valence electrons. The van der Waals surface area contributed by atoms with E-state index in [1.807, 2.05) is 0 Å². The van der Waals surface area contributed by atoms with Crippen LogP contribution >= 0.6 is 0 Å². The summed E-state index contributed by atoms with van der Waals surface area (Å²) in [6, 6.07) is 9.41. The molecule has 0 saturated carbocycles. The fourth-order valence-electron chi connectivity index (χ4n) is 4.45. The number of rotatable bonds is 0. The van der Waals surface area contributed by atoms with Gasteiger partial charge in [-0.1, -0.05) is 24.3 Å². The van der Waals surface area contributed by atoms with Crippen LogP contribution in [0.25, 0.3) is 0 Å². The molecule has 1 aromatic rings. The van der Waals surface area contributed by atoms with Crippen molar-refractivity contribution in [1.82, 2.24) is 4.90 Å². The smallest absolute Gasteiger partial charge is 0.222 e. The van der Waals surface area contributed by atoms with Gasteiger partial charge in [-0.25, -0.2) is 0 Å². The summed E-state index contributed by atoms with van der Waals surface area (Å²) in [7, 11) is 0. The van der Waals surface area contributed by atoms with Crippen LogP contribution in [-0.4, -0.2) is 23.4 Å². The van der Waals surface area contributed by atoms with Gasteiger partial charge in [0.25, 0.3) is 0 Å². The van der Waals surface area contributed by atoms with Gasteiger partial charge in [0, 0.05) is 24.9 Å². The number of carbonyl (C=O) groups excluding carboxylic acids is 1. The molecule has 4 rings (SSSR count). The summed E-state index contributed by atoms with van der Waals surface area (Å²) in [5.74, 6) is 1.72. The van der Waals surface area contributed by atoms with Crippen LogP contribution in [0.2, 0.25) is 0 Å². The van der Waals surface area contributed by atoms with Crippen LogP contribution in [0.15, 0.2) is 24.3 Å². The predicted octanol–water partition coefficient (Wildman–Crippen LogP) is 2.73. The highest BCUT2D eigenvalue weighted by Crippen LogP contribution is 2.46. The van der Waals surface area contributed by atoms with Gasteiger partial charge in [0.1, 0.15) is 0 Å². The van der Waals surface area contributed by atoms with E-state index in [0.29, 0.717) is 23.8 Å². The molecule has 3 aliphatic rings. The van der Waals surface area contributed by atoms with Crippen molar-refractivity contribution in [3.63, 3.8) is 0 Å². The molecule has 2 saturated heterocycles. The van der Waals surface area contributed by atoms with Gasteiger partial charge >= 0.3 is 0 Å². The molecule has 0 bridgehead atoms. The number of amides is 1. The number of hydrogen-bond acceptors (Lipinski definition) is 1. The number of carbonyl (C=O) groups is 1. The van der Waals surface area contributed by atoms with E-state index in [1.54, 1.807) is 5.56 Å². The number of hydrogen-bond donors (Lipinski definition) is 0. The molecule has 1 aliphatic carbocycles. The Hall–Kier alpha value is -1.31. The predicted molar refractivity (Wildman–Crippen MR) is 70.3 cm³/mol. The maximum atomic E-state index is 12.1. The normalized spacial score (nSPS) is 33.9. The van der Waals surface area contributed by atoms with Crippen LogP contribution in [-0.2, 0) is 11.2 Å². The maximum absolute atomic E-state index is 12.1. The third-order valence-electron chi connectivity index (χ3n) is 5.16. The lowest BCUT2D eigenvalue weighted by Gasteiger charge is -2.51. The van der Waals surface area contributed by atoms with Crippen molar-refractivity contribution < 1.29 is 4.79 Å². The molecule has 0 aromatic heterocycles. The first-order valence-electron chi connectivity index (χ1n) is 7.22. The number of piperidine rings is 2. The molecule has 2 nitrogen and oxygen atoms in total. The van der Waals surface area contributed by atoms with Gasteiger partial charge < -0.3 is 4.90 Å². The highest BCUT2D eigenvalue weighted by molar-refractivity contribution is 5.78. The number of nitrogens with zero attached hydrogens (tertiary/aromatic N) is 1. The van der Waals surface area contributed by atoms with Crippen molar-refractivity contribution in [2.75, 3.05) is 6.54 Å². The molecule has 1 aromatic carbocycles. The van der Waals surface area contributed by atoms with E-state index < -0.39 is 0 Å². The Balaban J connectivity index is 1.81. The Morgan fingerprint density at radius 2 is 2.06 bits per heavy atom. The van der Waals surface area contributed by atoms with Crippen LogP contribution < -0.4 is 0 Å². The Morgan fingerprint density at radius 1 is 1.17 bits per heavy atom.